The number of aromatic nitrogens is 3. The molecule has 0 amide bonds. The molecule has 0 saturated carbocycles. The maximum Gasteiger partial charge on any atom is 0.226 e. The Hall–Kier alpha value is -2.61. The molecular formula is C14H12N4O. The Bertz CT molecular complexity index is 763. The van der Waals surface area contributed by atoms with Crippen molar-refractivity contribution in [2.75, 3.05) is 0 Å². The van der Waals surface area contributed by atoms with Crippen molar-refractivity contribution < 1.29 is 4.52 Å². The van der Waals surface area contributed by atoms with Gasteiger partial charge in [0.25, 0.3) is 0 Å². The van der Waals surface area contributed by atoms with E-state index in [1.165, 1.54) is 0 Å². The monoisotopic (exact) mass is 252 g/mol. The maximum atomic E-state index is 9.07. The van der Waals surface area contributed by atoms with Crippen molar-refractivity contribution in [3.63, 3.8) is 0 Å². The van der Waals surface area contributed by atoms with Crippen LogP contribution in [0.1, 0.15) is 24.2 Å². The Morgan fingerprint density at radius 3 is 3.00 bits per heavy atom. The van der Waals surface area contributed by atoms with Crippen molar-refractivity contribution in [1.82, 2.24) is 14.7 Å². The summed E-state index contributed by atoms with van der Waals surface area (Å²) >= 11 is 0. The van der Waals surface area contributed by atoms with Gasteiger partial charge in [-0.05, 0) is 18.2 Å². The number of nitriles is 1. The van der Waals surface area contributed by atoms with Crippen LogP contribution in [0.25, 0.3) is 10.9 Å². The summed E-state index contributed by atoms with van der Waals surface area (Å²) in [5.74, 6) is 1.29. The van der Waals surface area contributed by atoms with Crippen LogP contribution in [-0.2, 0) is 13.0 Å². The fourth-order valence-electron chi connectivity index (χ4n) is 2.11. The maximum absolute atomic E-state index is 9.07. The highest BCUT2D eigenvalue weighted by molar-refractivity contribution is 5.86. The molecule has 94 valence electrons. The second-order valence-corrected chi connectivity index (χ2v) is 4.25. The molecule has 0 fully saturated rings. The van der Waals surface area contributed by atoms with E-state index < -0.39 is 0 Å². The molecule has 5 heteroatoms. The second-order valence-electron chi connectivity index (χ2n) is 4.25. The average molecular weight is 252 g/mol. The number of aryl methyl sites for hydroxylation is 1. The van der Waals surface area contributed by atoms with Gasteiger partial charge in [-0.15, -0.1) is 0 Å². The van der Waals surface area contributed by atoms with Gasteiger partial charge in [0, 0.05) is 23.5 Å². The standard InChI is InChI=1S/C14H12N4O/c1-2-14-16-13(17-19-14)9-18-7-6-11-10(8-15)4-3-5-12(11)18/h3-7H,2,9H2,1H3. The molecule has 0 aliphatic carbocycles. The Labute approximate surface area is 110 Å². The van der Waals surface area contributed by atoms with E-state index in [0.29, 0.717) is 23.8 Å². The normalized spacial score (nSPS) is 10.7. The fraction of sp³-hybridized carbons (Fsp3) is 0.214. The highest BCUT2D eigenvalue weighted by Gasteiger charge is 2.09. The summed E-state index contributed by atoms with van der Waals surface area (Å²) in [6.07, 6.45) is 2.67. The Balaban J connectivity index is 2.00. The van der Waals surface area contributed by atoms with Crippen LogP contribution in [0.4, 0.5) is 0 Å². The van der Waals surface area contributed by atoms with Gasteiger partial charge in [0.05, 0.1) is 18.2 Å². The molecule has 0 radical (unpaired) electrons. The van der Waals surface area contributed by atoms with Crippen LogP contribution in [0.2, 0.25) is 0 Å². The van der Waals surface area contributed by atoms with E-state index in [-0.39, 0.29) is 0 Å². The fourth-order valence-corrected chi connectivity index (χ4v) is 2.11. The highest BCUT2D eigenvalue weighted by atomic mass is 16.5. The first kappa shape index (κ1) is 11.5. The number of benzene rings is 1. The van der Waals surface area contributed by atoms with Crippen LogP contribution in [0.5, 0.6) is 0 Å². The predicted molar refractivity (Wildman–Crippen MR) is 69.4 cm³/mol. The number of hydrogen-bond donors (Lipinski definition) is 0. The quantitative estimate of drug-likeness (QED) is 0.718. The van der Waals surface area contributed by atoms with E-state index in [1.807, 2.05) is 42.0 Å². The molecule has 0 N–H and O–H groups in total. The Morgan fingerprint density at radius 2 is 2.26 bits per heavy atom. The van der Waals surface area contributed by atoms with E-state index in [4.69, 9.17) is 9.78 Å². The summed E-state index contributed by atoms with van der Waals surface area (Å²) in [6.45, 7) is 2.52. The van der Waals surface area contributed by atoms with Crippen LogP contribution >= 0.6 is 0 Å². The van der Waals surface area contributed by atoms with Gasteiger partial charge in [-0.1, -0.05) is 18.1 Å². The molecule has 1 aromatic carbocycles. The Morgan fingerprint density at radius 1 is 1.37 bits per heavy atom. The topological polar surface area (TPSA) is 67.6 Å². The van der Waals surface area contributed by atoms with E-state index in [2.05, 4.69) is 16.2 Å². The molecule has 2 aromatic heterocycles. The molecule has 5 nitrogen and oxygen atoms in total. The molecule has 2 heterocycles. The van der Waals surface area contributed by atoms with E-state index in [9.17, 15) is 0 Å². The van der Waals surface area contributed by atoms with Gasteiger partial charge >= 0.3 is 0 Å². The predicted octanol–water partition coefficient (Wildman–Crippen LogP) is 2.51. The summed E-state index contributed by atoms with van der Waals surface area (Å²) in [5, 5.41) is 14.0. The third-order valence-corrected chi connectivity index (χ3v) is 3.06. The van der Waals surface area contributed by atoms with Crippen LogP contribution in [0.15, 0.2) is 35.0 Å². The minimum Gasteiger partial charge on any atom is -0.340 e. The molecule has 19 heavy (non-hydrogen) atoms. The van der Waals surface area contributed by atoms with Gasteiger partial charge in [0.2, 0.25) is 5.89 Å². The van der Waals surface area contributed by atoms with Gasteiger partial charge in [0.1, 0.15) is 0 Å². The zero-order valence-corrected chi connectivity index (χ0v) is 10.5. The van der Waals surface area contributed by atoms with Crippen LogP contribution in [0, 0.1) is 11.3 Å². The van der Waals surface area contributed by atoms with E-state index in [0.717, 1.165) is 17.3 Å². The smallest absolute Gasteiger partial charge is 0.226 e. The van der Waals surface area contributed by atoms with Crippen LogP contribution < -0.4 is 0 Å². The zero-order valence-electron chi connectivity index (χ0n) is 10.5. The van der Waals surface area contributed by atoms with Gasteiger partial charge in [-0.3, -0.25) is 0 Å². The molecule has 0 spiro atoms. The molecule has 3 rings (SSSR count). The van der Waals surface area contributed by atoms with Gasteiger partial charge in [0.15, 0.2) is 5.82 Å². The van der Waals surface area contributed by atoms with Crippen molar-refractivity contribution in [3.8, 4) is 6.07 Å². The molecule has 0 atom stereocenters. The molecule has 0 saturated heterocycles. The van der Waals surface area contributed by atoms with Crippen LogP contribution in [-0.4, -0.2) is 14.7 Å². The van der Waals surface area contributed by atoms with Crippen molar-refractivity contribution in [2.45, 2.75) is 19.9 Å². The molecule has 0 bridgehead atoms. The van der Waals surface area contributed by atoms with Gasteiger partial charge in [-0.2, -0.15) is 10.2 Å². The summed E-state index contributed by atoms with van der Waals surface area (Å²) < 4.78 is 7.11. The lowest BCUT2D eigenvalue weighted by Gasteiger charge is -2.01. The molecule has 3 aromatic rings. The summed E-state index contributed by atoms with van der Waals surface area (Å²) in [5.41, 5.74) is 1.68. The van der Waals surface area contributed by atoms with Crippen molar-refractivity contribution in [1.29, 1.82) is 5.26 Å². The number of hydrogen-bond acceptors (Lipinski definition) is 4. The second kappa shape index (κ2) is 4.58. The minimum atomic E-state index is 0.544. The summed E-state index contributed by atoms with van der Waals surface area (Å²) in [4.78, 5) is 4.29. The van der Waals surface area contributed by atoms with E-state index in [1.54, 1.807) is 0 Å². The van der Waals surface area contributed by atoms with Gasteiger partial charge < -0.3 is 9.09 Å². The summed E-state index contributed by atoms with van der Waals surface area (Å²) in [7, 11) is 0. The number of rotatable bonds is 3. The van der Waals surface area contributed by atoms with Crippen LogP contribution in [0.3, 0.4) is 0 Å². The molecule has 0 aliphatic heterocycles. The van der Waals surface area contributed by atoms with Crippen molar-refractivity contribution in [3.05, 3.63) is 47.7 Å². The zero-order chi connectivity index (χ0) is 13.2. The lowest BCUT2D eigenvalue weighted by Crippen LogP contribution is -2.00. The largest absolute Gasteiger partial charge is 0.340 e. The number of nitrogens with zero attached hydrogens (tertiary/aromatic N) is 4. The van der Waals surface area contributed by atoms with E-state index >= 15 is 0 Å². The molecular weight excluding hydrogens is 240 g/mol. The third kappa shape index (κ3) is 1.97. The first-order chi connectivity index (χ1) is 9.31. The lowest BCUT2D eigenvalue weighted by molar-refractivity contribution is 0.375. The third-order valence-electron chi connectivity index (χ3n) is 3.06. The first-order valence-corrected chi connectivity index (χ1v) is 6.11. The average Bonchev–Trinajstić information content (AvgIpc) is 3.06. The SMILES string of the molecule is CCc1nc(Cn2ccc3c(C#N)cccc32)no1. The first-order valence-electron chi connectivity index (χ1n) is 6.11. The minimum absolute atomic E-state index is 0.544. The lowest BCUT2D eigenvalue weighted by atomic mass is 10.1. The Kier molecular flexibility index (Phi) is 2.76. The summed E-state index contributed by atoms with van der Waals surface area (Å²) in [6, 6.07) is 9.82. The molecule has 0 aliphatic rings. The highest BCUT2D eigenvalue weighted by Crippen LogP contribution is 2.20. The van der Waals surface area contributed by atoms with Crippen molar-refractivity contribution in [2.24, 2.45) is 0 Å². The van der Waals surface area contributed by atoms with Gasteiger partial charge in [-0.25, -0.2) is 0 Å². The number of fused-ring (bicyclic) bond motifs is 1. The molecule has 0 unspecified atom stereocenters. The van der Waals surface area contributed by atoms with Crippen molar-refractivity contribution >= 4 is 10.9 Å².